The number of ether oxygens (including phenoxy) is 2. The standard InChI is InChI=1S/C17H20O4/c1-5-7-10-17(15(18)20-3,16(19)21-4)11-8-9-14-12-13(14)6-2/h2,8-9,13-14H,10-12H2,1,3-4H3/b9-8+/t13-,14-/m1/s1. The maximum absolute atomic E-state index is 12.1. The second kappa shape index (κ2) is 7.55. The van der Waals surface area contributed by atoms with Gasteiger partial charge in [-0.05, 0) is 25.7 Å². The van der Waals surface area contributed by atoms with Crippen molar-refractivity contribution in [2.75, 3.05) is 14.2 Å². The van der Waals surface area contributed by atoms with Gasteiger partial charge in [-0.2, -0.15) is 0 Å². The summed E-state index contributed by atoms with van der Waals surface area (Å²) in [7, 11) is 2.50. The van der Waals surface area contributed by atoms with Crippen LogP contribution in [0.5, 0.6) is 0 Å². The summed E-state index contributed by atoms with van der Waals surface area (Å²) in [6.45, 7) is 1.65. The molecule has 0 aromatic heterocycles. The summed E-state index contributed by atoms with van der Waals surface area (Å²) in [6, 6.07) is 0. The molecule has 0 unspecified atom stereocenters. The maximum Gasteiger partial charge on any atom is 0.324 e. The zero-order valence-electron chi connectivity index (χ0n) is 12.6. The van der Waals surface area contributed by atoms with Crippen LogP contribution in [0.3, 0.4) is 0 Å². The lowest BCUT2D eigenvalue weighted by Gasteiger charge is -2.24. The van der Waals surface area contributed by atoms with E-state index in [1.54, 1.807) is 13.0 Å². The highest BCUT2D eigenvalue weighted by molar-refractivity contribution is 6.00. The fraction of sp³-hybridized carbons (Fsp3) is 0.529. The van der Waals surface area contributed by atoms with Gasteiger partial charge in [0, 0.05) is 12.3 Å². The molecule has 0 aromatic rings. The van der Waals surface area contributed by atoms with Gasteiger partial charge in [0.05, 0.1) is 14.2 Å². The number of allylic oxidation sites excluding steroid dienone is 2. The molecule has 0 radical (unpaired) electrons. The molecule has 1 aliphatic rings. The van der Waals surface area contributed by atoms with Gasteiger partial charge in [0.25, 0.3) is 0 Å². The van der Waals surface area contributed by atoms with E-state index >= 15 is 0 Å². The fourth-order valence-corrected chi connectivity index (χ4v) is 2.16. The third-order valence-corrected chi connectivity index (χ3v) is 3.62. The lowest BCUT2D eigenvalue weighted by atomic mass is 9.81. The molecule has 0 aliphatic heterocycles. The number of terminal acetylenes is 1. The number of rotatable bonds is 6. The first-order chi connectivity index (χ1) is 10.1. The Bertz CT molecular complexity index is 511. The monoisotopic (exact) mass is 288 g/mol. The second-order valence-corrected chi connectivity index (χ2v) is 4.97. The molecule has 0 saturated heterocycles. The molecule has 0 aromatic carbocycles. The van der Waals surface area contributed by atoms with E-state index < -0.39 is 17.4 Å². The second-order valence-electron chi connectivity index (χ2n) is 4.97. The van der Waals surface area contributed by atoms with Gasteiger partial charge in [-0.15, -0.1) is 24.2 Å². The van der Waals surface area contributed by atoms with Gasteiger partial charge >= 0.3 is 11.9 Å². The Morgan fingerprint density at radius 1 is 1.33 bits per heavy atom. The third-order valence-electron chi connectivity index (χ3n) is 3.62. The Labute approximate surface area is 125 Å². The van der Waals surface area contributed by atoms with Crippen LogP contribution in [0.15, 0.2) is 12.2 Å². The van der Waals surface area contributed by atoms with Gasteiger partial charge < -0.3 is 9.47 Å². The van der Waals surface area contributed by atoms with E-state index in [4.69, 9.17) is 15.9 Å². The van der Waals surface area contributed by atoms with Gasteiger partial charge in [-0.3, -0.25) is 9.59 Å². The molecule has 1 fully saturated rings. The van der Waals surface area contributed by atoms with Gasteiger partial charge in [0.2, 0.25) is 0 Å². The number of hydrogen-bond acceptors (Lipinski definition) is 4. The van der Waals surface area contributed by atoms with Crippen LogP contribution in [-0.2, 0) is 19.1 Å². The zero-order chi connectivity index (χ0) is 15.9. The van der Waals surface area contributed by atoms with Crippen molar-refractivity contribution in [1.29, 1.82) is 0 Å². The normalized spacial score (nSPS) is 20.1. The van der Waals surface area contributed by atoms with Crippen LogP contribution < -0.4 is 0 Å². The minimum Gasteiger partial charge on any atom is -0.468 e. The minimum atomic E-state index is -1.41. The predicted molar refractivity (Wildman–Crippen MR) is 78.7 cm³/mol. The average molecular weight is 288 g/mol. The Balaban J connectivity index is 2.92. The highest BCUT2D eigenvalue weighted by Crippen LogP contribution is 2.39. The van der Waals surface area contributed by atoms with Crippen molar-refractivity contribution < 1.29 is 19.1 Å². The summed E-state index contributed by atoms with van der Waals surface area (Å²) in [5.74, 6) is 7.48. The van der Waals surface area contributed by atoms with Crippen LogP contribution in [0.25, 0.3) is 0 Å². The minimum absolute atomic E-state index is 0.0659. The van der Waals surface area contributed by atoms with E-state index in [1.807, 2.05) is 6.08 Å². The highest BCUT2D eigenvalue weighted by atomic mass is 16.5. The molecule has 21 heavy (non-hydrogen) atoms. The summed E-state index contributed by atoms with van der Waals surface area (Å²) in [5, 5.41) is 0. The first-order valence-electron chi connectivity index (χ1n) is 6.75. The van der Waals surface area contributed by atoms with E-state index in [1.165, 1.54) is 14.2 Å². The molecular formula is C17H20O4. The van der Waals surface area contributed by atoms with E-state index in [-0.39, 0.29) is 18.8 Å². The topological polar surface area (TPSA) is 52.6 Å². The number of esters is 2. The molecule has 0 amide bonds. The molecule has 2 atom stereocenters. The largest absolute Gasteiger partial charge is 0.468 e. The molecule has 1 rings (SSSR count). The molecule has 1 saturated carbocycles. The molecule has 4 nitrogen and oxygen atoms in total. The van der Waals surface area contributed by atoms with Gasteiger partial charge in [-0.1, -0.05) is 12.2 Å². The third kappa shape index (κ3) is 3.89. The van der Waals surface area contributed by atoms with Gasteiger partial charge in [-0.25, -0.2) is 0 Å². The number of carbonyl (C=O) groups excluding carboxylic acids is 2. The van der Waals surface area contributed by atoms with Gasteiger partial charge in [0.15, 0.2) is 5.41 Å². The lowest BCUT2D eigenvalue weighted by Crippen LogP contribution is -2.40. The summed E-state index contributed by atoms with van der Waals surface area (Å²) in [5.41, 5.74) is -1.41. The Kier molecular flexibility index (Phi) is 6.06. The zero-order valence-corrected chi connectivity index (χ0v) is 12.6. The van der Waals surface area contributed by atoms with E-state index in [9.17, 15) is 9.59 Å². The van der Waals surface area contributed by atoms with Gasteiger partial charge in [0.1, 0.15) is 0 Å². The molecule has 0 heterocycles. The summed E-state index contributed by atoms with van der Waals surface area (Å²) >= 11 is 0. The highest BCUT2D eigenvalue weighted by Gasteiger charge is 2.47. The van der Waals surface area contributed by atoms with E-state index in [2.05, 4.69) is 17.8 Å². The lowest BCUT2D eigenvalue weighted by molar-refractivity contribution is -0.168. The molecule has 0 spiro atoms. The quantitative estimate of drug-likeness (QED) is 0.324. The van der Waals surface area contributed by atoms with Crippen LogP contribution >= 0.6 is 0 Å². The molecule has 4 heteroatoms. The SMILES string of the molecule is C#C[C@@H]1C[C@H]1/C=C/CC(CC#CC)(C(=O)OC)C(=O)OC. The fourth-order valence-electron chi connectivity index (χ4n) is 2.16. The smallest absolute Gasteiger partial charge is 0.324 e. The maximum atomic E-state index is 12.1. The summed E-state index contributed by atoms with van der Waals surface area (Å²) in [6.07, 6.45) is 10.3. The molecule has 0 N–H and O–H groups in total. The van der Waals surface area contributed by atoms with Crippen molar-refractivity contribution in [2.45, 2.75) is 26.2 Å². The number of methoxy groups -OCH3 is 2. The van der Waals surface area contributed by atoms with Crippen molar-refractivity contribution in [1.82, 2.24) is 0 Å². The number of carbonyl (C=O) groups is 2. The van der Waals surface area contributed by atoms with Crippen LogP contribution in [0.1, 0.15) is 26.2 Å². The van der Waals surface area contributed by atoms with Crippen molar-refractivity contribution in [2.24, 2.45) is 17.3 Å². The van der Waals surface area contributed by atoms with Crippen LogP contribution in [-0.4, -0.2) is 26.2 Å². The Morgan fingerprint density at radius 2 is 1.95 bits per heavy atom. The molecular weight excluding hydrogens is 268 g/mol. The first kappa shape index (κ1) is 16.9. The van der Waals surface area contributed by atoms with Crippen LogP contribution in [0, 0.1) is 41.4 Å². The van der Waals surface area contributed by atoms with Crippen molar-refractivity contribution in [3.8, 4) is 24.2 Å². The predicted octanol–water partition coefficient (Wildman–Crippen LogP) is 1.95. The number of hydrogen-bond donors (Lipinski definition) is 0. The Hall–Kier alpha value is -2.20. The summed E-state index contributed by atoms with van der Waals surface area (Å²) < 4.78 is 9.55. The first-order valence-corrected chi connectivity index (χ1v) is 6.75. The van der Waals surface area contributed by atoms with Crippen molar-refractivity contribution in [3.63, 3.8) is 0 Å². The average Bonchev–Trinajstić information content (AvgIpc) is 3.27. The van der Waals surface area contributed by atoms with Crippen molar-refractivity contribution >= 4 is 11.9 Å². The molecule has 1 aliphatic carbocycles. The van der Waals surface area contributed by atoms with Crippen LogP contribution in [0.2, 0.25) is 0 Å². The summed E-state index contributed by atoms with van der Waals surface area (Å²) in [4.78, 5) is 24.2. The van der Waals surface area contributed by atoms with E-state index in [0.717, 1.165) is 6.42 Å². The van der Waals surface area contributed by atoms with Crippen molar-refractivity contribution in [3.05, 3.63) is 12.2 Å². The van der Waals surface area contributed by atoms with Crippen LogP contribution in [0.4, 0.5) is 0 Å². The Morgan fingerprint density at radius 3 is 2.38 bits per heavy atom. The molecule has 0 bridgehead atoms. The van der Waals surface area contributed by atoms with E-state index in [0.29, 0.717) is 5.92 Å². The molecule has 112 valence electrons.